The fraction of sp³-hybridized carbons (Fsp3) is 0.577. The molecule has 1 aromatic rings. The molecule has 0 saturated carbocycles. The number of aliphatic hydroxyl groups is 1. The van der Waals surface area contributed by atoms with Gasteiger partial charge in [0, 0.05) is 5.92 Å². The summed E-state index contributed by atoms with van der Waals surface area (Å²) in [6.07, 6.45) is 8.41. The molecule has 0 spiro atoms. The Bertz CT molecular complexity index is 871. The molecule has 32 heavy (non-hydrogen) atoms. The van der Waals surface area contributed by atoms with E-state index in [4.69, 9.17) is 14.2 Å². The summed E-state index contributed by atoms with van der Waals surface area (Å²) < 4.78 is 17.7. The first-order valence-electron chi connectivity index (χ1n) is 11.6. The van der Waals surface area contributed by atoms with Crippen molar-refractivity contribution in [3.63, 3.8) is 0 Å². The third-order valence-corrected chi connectivity index (χ3v) is 6.10. The van der Waals surface area contributed by atoms with Crippen molar-refractivity contribution in [2.24, 2.45) is 5.92 Å². The minimum Gasteiger partial charge on any atom is -0.507 e. The Balaban J connectivity index is 2.01. The van der Waals surface area contributed by atoms with Crippen LogP contribution in [0.25, 0.3) is 6.08 Å². The molecule has 1 aromatic carbocycles. The Hall–Kier alpha value is -2.15. The molecule has 1 unspecified atom stereocenters. The van der Waals surface area contributed by atoms with Gasteiger partial charge < -0.3 is 24.4 Å². The van der Waals surface area contributed by atoms with E-state index in [0.29, 0.717) is 12.0 Å². The highest BCUT2D eigenvalue weighted by molar-refractivity contribution is 5.96. The number of rotatable bonds is 3. The molecule has 1 fully saturated rings. The van der Waals surface area contributed by atoms with Gasteiger partial charge in [-0.05, 0) is 57.2 Å². The van der Waals surface area contributed by atoms with Crippen LogP contribution in [0.2, 0.25) is 0 Å². The molecule has 6 heteroatoms. The third kappa shape index (κ3) is 5.80. The lowest BCUT2D eigenvalue weighted by atomic mass is 9.97. The molecule has 1 saturated heterocycles. The highest BCUT2D eigenvalue weighted by Crippen LogP contribution is 2.34. The van der Waals surface area contributed by atoms with Crippen molar-refractivity contribution in [3.8, 4) is 5.75 Å². The average molecular weight is 445 g/mol. The Labute approximate surface area is 190 Å². The van der Waals surface area contributed by atoms with Gasteiger partial charge in [0.1, 0.15) is 29.6 Å². The largest absolute Gasteiger partial charge is 0.507 e. The Morgan fingerprint density at radius 2 is 1.91 bits per heavy atom. The molecule has 0 amide bonds. The molecule has 0 radical (unpaired) electrons. The topological polar surface area (TPSA) is 85.2 Å². The summed E-state index contributed by atoms with van der Waals surface area (Å²) in [5, 5.41) is 21.4. The highest BCUT2D eigenvalue weighted by atomic mass is 16.8. The zero-order valence-corrected chi connectivity index (χ0v) is 19.7. The van der Waals surface area contributed by atoms with Crippen molar-refractivity contribution in [2.75, 3.05) is 0 Å². The molecule has 5 atom stereocenters. The molecule has 0 aliphatic carbocycles. The van der Waals surface area contributed by atoms with Gasteiger partial charge in [0.25, 0.3) is 0 Å². The number of cyclic esters (lactones) is 1. The summed E-state index contributed by atoms with van der Waals surface area (Å²) >= 11 is 0. The molecule has 6 nitrogen and oxygen atoms in total. The molecular formula is C26H36O6. The molecular weight excluding hydrogens is 408 g/mol. The van der Waals surface area contributed by atoms with Gasteiger partial charge in [-0.2, -0.15) is 0 Å². The first-order valence-corrected chi connectivity index (χ1v) is 11.6. The quantitative estimate of drug-likeness (QED) is 0.516. The van der Waals surface area contributed by atoms with Crippen molar-refractivity contribution in [1.82, 2.24) is 0 Å². The predicted molar refractivity (Wildman–Crippen MR) is 123 cm³/mol. The number of phenolic OH excluding ortho intramolecular Hbond substituents is 1. The van der Waals surface area contributed by atoms with Crippen LogP contribution in [0.1, 0.15) is 75.4 Å². The first-order chi connectivity index (χ1) is 15.1. The monoisotopic (exact) mass is 444 g/mol. The van der Waals surface area contributed by atoms with Gasteiger partial charge >= 0.3 is 5.97 Å². The average Bonchev–Trinajstić information content (AvgIpc) is 3.03. The molecule has 3 rings (SSSR count). The van der Waals surface area contributed by atoms with E-state index in [1.54, 1.807) is 19.1 Å². The van der Waals surface area contributed by atoms with E-state index in [1.165, 1.54) is 0 Å². The Morgan fingerprint density at radius 1 is 1.16 bits per heavy atom. The van der Waals surface area contributed by atoms with Crippen LogP contribution in [0, 0.1) is 5.92 Å². The second-order valence-electron chi connectivity index (χ2n) is 9.30. The van der Waals surface area contributed by atoms with Crippen molar-refractivity contribution in [2.45, 2.75) is 90.5 Å². The Kier molecular flexibility index (Phi) is 7.80. The number of fused-ring (bicyclic) bond motifs is 2. The molecule has 0 aromatic heterocycles. The minimum absolute atomic E-state index is 0.0689. The van der Waals surface area contributed by atoms with Gasteiger partial charge in [0.15, 0.2) is 5.79 Å². The number of aliphatic hydroxyl groups excluding tert-OH is 1. The Morgan fingerprint density at radius 3 is 2.62 bits per heavy atom. The number of carbonyl (C=O) groups is 1. The standard InChI is InChI=1S/C26H36O6/c1-6-7-9-18-14-19-10-8-11-22-24(32-26(4,5)31-22)20(27)13-12-16(2)17(3)30-25(29)23(19)21(28)15-18/h8,10,12-17,20,22,24,27-28H,6-7,9,11H2,1-5H3/b10-8?,13-12-/t16-,17+,20?,22+,24-/m1/s1. The van der Waals surface area contributed by atoms with Crippen LogP contribution in [-0.4, -0.2) is 46.4 Å². The maximum atomic E-state index is 13.0. The number of aryl methyl sites for hydroxylation is 1. The number of carbonyl (C=O) groups excluding carboxylic acids is 1. The molecule has 2 N–H and O–H groups in total. The fourth-order valence-electron chi connectivity index (χ4n) is 4.14. The lowest BCUT2D eigenvalue weighted by Gasteiger charge is -2.22. The van der Waals surface area contributed by atoms with Gasteiger partial charge in [-0.25, -0.2) is 4.79 Å². The SMILES string of the molecule is CCCCc1cc(O)c2c(c1)C=CC[C@@H]1OC(C)(C)O[C@@H]1C(O)/C=C\[C@@H](C)[C@H](C)OC2=O. The van der Waals surface area contributed by atoms with Gasteiger partial charge in [-0.3, -0.25) is 0 Å². The highest BCUT2D eigenvalue weighted by Gasteiger charge is 2.43. The van der Waals surface area contributed by atoms with Crippen LogP contribution in [-0.2, 0) is 20.6 Å². The van der Waals surface area contributed by atoms with Crippen molar-refractivity contribution in [3.05, 3.63) is 47.1 Å². The van der Waals surface area contributed by atoms with Crippen molar-refractivity contribution < 1.29 is 29.2 Å². The summed E-state index contributed by atoms with van der Waals surface area (Å²) in [6, 6.07) is 3.59. The lowest BCUT2D eigenvalue weighted by molar-refractivity contribution is -0.152. The van der Waals surface area contributed by atoms with Gasteiger partial charge in [0.05, 0.1) is 6.10 Å². The van der Waals surface area contributed by atoms with E-state index >= 15 is 0 Å². The number of esters is 1. The lowest BCUT2D eigenvalue weighted by Crippen LogP contribution is -2.34. The molecule has 2 heterocycles. The van der Waals surface area contributed by atoms with Gasteiger partial charge in [-0.15, -0.1) is 0 Å². The smallest absolute Gasteiger partial charge is 0.342 e. The number of benzene rings is 1. The number of unbranched alkanes of at least 4 members (excludes halogenated alkanes) is 1. The number of hydrogen-bond donors (Lipinski definition) is 2. The van der Waals surface area contributed by atoms with Crippen LogP contribution < -0.4 is 0 Å². The van der Waals surface area contributed by atoms with Crippen molar-refractivity contribution in [1.29, 1.82) is 0 Å². The minimum atomic E-state index is -0.847. The number of phenols is 1. The molecule has 2 aliphatic rings. The maximum Gasteiger partial charge on any atom is 0.342 e. The van der Waals surface area contributed by atoms with Crippen molar-refractivity contribution >= 4 is 12.0 Å². The van der Waals surface area contributed by atoms with Crippen LogP contribution in [0.5, 0.6) is 5.75 Å². The number of aromatic hydroxyl groups is 1. The predicted octanol–water partition coefficient (Wildman–Crippen LogP) is 4.77. The summed E-state index contributed by atoms with van der Waals surface area (Å²) in [4.78, 5) is 13.0. The van der Waals surface area contributed by atoms with Crippen LogP contribution in [0.15, 0.2) is 30.4 Å². The van der Waals surface area contributed by atoms with E-state index in [2.05, 4.69) is 6.92 Å². The second-order valence-corrected chi connectivity index (χ2v) is 9.30. The zero-order valence-electron chi connectivity index (χ0n) is 19.7. The van der Waals surface area contributed by atoms with Crippen LogP contribution in [0.4, 0.5) is 0 Å². The fourth-order valence-corrected chi connectivity index (χ4v) is 4.14. The van der Waals surface area contributed by atoms with E-state index < -0.39 is 30.1 Å². The summed E-state index contributed by atoms with van der Waals surface area (Å²) in [5.41, 5.74) is 1.76. The number of hydrogen-bond acceptors (Lipinski definition) is 6. The van der Waals surface area contributed by atoms with E-state index in [9.17, 15) is 15.0 Å². The van der Waals surface area contributed by atoms with Crippen LogP contribution in [0.3, 0.4) is 0 Å². The van der Waals surface area contributed by atoms with Gasteiger partial charge in [-0.1, -0.05) is 50.6 Å². The summed E-state index contributed by atoms with van der Waals surface area (Å²) in [7, 11) is 0. The molecule has 2 aliphatic heterocycles. The molecule has 176 valence electrons. The summed E-state index contributed by atoms with van der Waals surface area (Å²) in [6.45, 7) is 9.49. The van der Waals surface area contributed by atoms with E-state index in [-0.39, 0.29) is 23.3 Å². The first kappa shape index (κ1) is 24.5. The van der Waals surface area contributed by atoms with Gasteiger partial charge in [0.2, 0.25) is 0 Å². The molecule has 0 bridgehead atoms. The normalized spacial score (nSPS) is 31.3. The third-order valence-electron chi connectivity index (χ3n) is 6.10. The van der Waals surface area contributed by atoms with Crippen LogP contribution >= 0.6 is 0 Å². The summed E-state index contributed by atoms with van der Waals surface area (Å²) in [5.74, 6) is -1.57. The second kappa shape index (κ2) is 10.2. The number of ether oxygens (including phenoxy) is 3. The zero-order chi connectivity index (χ0) is 23.5. The van der Waals surface area contributed by atoms with E-state index in [1.807, 2.05) is 45.1 Å². The maximum absolute atomic E-state index is 13.0. The van der Waals surface area contributed by atoms with E-state index in [0.717, 1.165) is 24.8 Å².